The third-order valence-corrected chi connectivity index (χ3v) is 3.92. The van der Waals surface area contributed by atoms with Gasteiger partial charge in [-0.25, -0.2) is 0 Å². The van der Waals surface area contributed by atoms with Crippen molar-refractivity contribution in [2.75, 3.05) is 0 Å². The molecule has 1 heterocycles. The number of aromatic hydroxyl groups is 1. The number of phenolic OH excluding ortho intramolecular Hbond substituents is 1. The second-order valence-corrected chi connectivity index (χ2v) is 5.70. The minimum atomic E-state index is 0.0716. The summed E-state index contributed by atoms with van der Waals surface area (Å²) in [5, 5.41) is 9.27. The summed E-state index contributed by atoms with van der Waals surface area (Å²) in [7, 11) is 0. The molecule has 0 spiro atoms. The van der Waals surface area contributed by atoms with Crippen LogP contribution in [0.1, 0.15) is 34.8 Å². The van der Waals surface area contributed by atoms with Crippen LogP contribution < -0.4 is 4.74 Å². The number of carbonyl (C=O) groups is 1. The van der Waals surface area contributed by atoms with Crippen molar-refractivity contribution in [2.45, 2.75) is 19.8 Å². The van der Waals surface area contributed by atoms with Crippen LogP contribution in [0.5, 0.6) is 11.5 Å². The van der Waals surface area contributed by atoms with Crippen LogP contribution in [0.2, 0.25) is 0 Å². The van der Waals surface area contributed by atoms with Crippen molar-refractivity contribution >= 4 is 11.4 Å². The summed E-state index contributed by atoms with van der Waals surface area (Å²) in [4.78, 5) is 12.4. The Morgan fingerprint density at radius 3 is 2.65 bits per heavy atom. The highest BCUT2D eigenvalue weighted by Crippen LogP contribution is 2.33. The van der Waals surface area contributed by atoms with E-state index in [4.69, 9.17) is 4.74 Å². The standard InChI is InChI=1S/C20H18O3/c1-13-11-14(2)23-20-12-16(6-9-18(13)20)19(22)10-5-15-3-7-17(21)8-4-15/h3-4,6-9,11-12,21H,2,5,10H2,1H3. The van der Waals surface area contributed by atoms with Crippen LogP contribution in [0.3, 0.4) is 0 Å². The summed E-state index contributed by atoms with van der Waals surface area (Å²) in [5.41, 5.74) is 3.74. The zero-order chi connectivity index (χ0) is 16.4. The van der Waals surface area contributed by atoms with Crippen LogP contribution in [-0.2, 0) is 6.42 Å². The second kappa shape index (κ2) is 6.13. The predicted octanol–water partition coefficient (Wildman–Crippen LogP) is 4.52. The van der Waals surface area contributed by atoms with Crippen LogP contribution in [0.15, 0.2) is 60.9 Å². The molecule has 3 rings (SSSR count). The van der Waals surface area contributed by atoms with Crippen LogP contribution in [0.4, 0.5) is 0 Å². The number of fused-ring (bicyclic) bond motifs is 1. The highest BCUT2D eigenvalue weighted by molar-refractivity contribution is 5.97. The van der Waals surface area contributed by atoms with Gasteiger partial charge in [-0.3, -0.25) is 4.79 Å². The summed E-state index contributed by atoms with van der Waals surface area (Å²) in [6, 6.07) is 12.5. The molecular weight excluding hydrogens is 288 g/mol. The monoisotopic (exact) mass is 306 g/mol. The van der Waals surface area contributed by atoms with E-state index in [1.165, 1.54) is 0 Å². The Hall–Kier alpha value is -2.81. The van der Waals surface area contributed by atoms with Gasteiger partial charge in [0.25, 0.3) is 0 Å². The Kier molecular flexibility index (Phi) is 4.02. The molecule has 2 aromatic carbocycles. The minimum absolute atomic E-state index is 0.0716. The maximum atomic E-state index is 12.4. The molecule has 1 aliphatic rings. The van der Waals surface area contributed by atoms with Gasteiger partial charge in [-0.05, 0) is 48.8 Å². The summed E-state index contributed by atoms with van der Waals surface area (Å²) in [5.74, 6) is 1.58. The van der Waals surface area contributed by atoms with E-state index >= 15 is 0 Å². The van der Waals surface area contributed by atoms with Crippen LogP contribution >= 0.6 is 0 Å². The van der Waals surface area contributed by atoms with Gasteiger partial charge in [-0.1, -0.05) is 30.8 Å². The van der Waals surface area contributed by atoms with Gasteiger partial charge in [0.05, 0.1) is 0 Å². The average Bonchev–Trinajstić information content (AvgIpc) is 2.53. The van der Waals surface area contributed by atoms with Gasteiger partial charge in [0, 0.05) is 17.5 Å². The van der Waals surface area contributed by atoms with Gasteiger partial charge in [0.15, 0.2) is 5.78 Å². The predicted molar refractivity (Wildman–Crippen MR) is 90.6 cm³/mol. The van der Waals surface area contributed by atoms with E-state index in [0.29, 0.717) is 29.9 Å². The van der Waals surface area contributed by atoms with Crippen molar-refractivity contribution in [3.05, 3.63) is 77.6 Å². The fourth-order valence-electron chi connectivity index (χ4n) is 2.66. The van der Waals surface area contributed by atoms with Gasteiger partial charge < -0.3 is 9.84 Å². The largest absolute Gasteiger partial charge is 0.508 e. The molecule has 23 heavy (non-hydrogen) atoms. The lowest BCUT2D eigenvalue weighted by Gasteiger charge is -2.18. The number of aryl methyl sites for hydroxylation is 1. The first-order valence-corrected chi connectivity index (χ1v) is 7.53. The van der Waals surface area contributed by atoms with Gasteiger partial charge >= 0.3 is 0 Å². The molecule has 1 aliphatic heterocycles. The number of hydrogen-bond acceptors (Lipinski definition) is 3. The molecule has 0 atom stereocenters. The number of allylic oxidation sites excluding steroid dienone is 2. The van der Waals surface area contributed by atoms with Gasteiger partial charge in [-0.15, -0.1) is 0 Å². The van der Waals surface area contributed by atoms with Crippen molar-refractivity contribution in [1.82, 2.24) is 0 Å². The molecule has 0 saturated carbocycles. The highest BCUT2D eigenvalue weighted by atomic mass is 16.5. The quantitative estimate of drug-likeness (QED) is 0.845. The summed E-state index contributed by atoms with van der Waals surface area (Å²) < 4.78 is 5.62. The van der Waals surface area contributed by atoms with E-state index in [-0.39, 0.29) is 11.5 Å². The van der Waals surface area contributed by atoms with Crippen molar-refractivity contribution in [3.8, 4) is 11.5 Å². The Morgan fingerprint density at radius 2 is 1.91 bits per heavy atom. The first-order chi connectivity index (χ1) is 11.0. The van der Waals surface area contributed by atoms with Crippen LogP contribution in [0.25, 0.3) is 5.57 Å². The third-order valence-electron chi connectivity index (χ3n) is 3.92. The van der Waals surface area contributed by atoms with E-state index in [1.807, 2.05) is 37.3 Å². The molecule has 0 saturated heterocycles. The van der Waals surface area contributed by atoms with E-state index < -0.39 is 0 Å². The summed E-state index contributed by atoms with van der Waals surface area (Å²) in [6.45, 7) is 5.82. The molecule has 3 nitrogen and oxygen atoms in total. The fraction of sp³-hybridized carbons (Fsp3) is 0.150. The molecule has 0 fully saturated rings. The molecule has 0 amide bonds. The number of Topliss-reactive ketones (excluding diaryl/α,β-unsaturated/α-hetero) is 1. The molecule has 0 aromatic heterocycles. The third kappa shape index (κ3) is 3.34. The number of ether oxygens (including phenoxy) is 1. The summed E-state index contributed by atoms with van der Waals surface area (Å²) in [6.07, 6.45) is 2.94. The van der Waals surface area contributed by atoms with Gasteiger partial charge in [-0.2, -0.15) is 0 Å². The lowest BCUT2D eigenvalue weighted by atomic mass is 9.97. The molecule has 0 radical (unpaired) electrons. The Labute approximate surface area is 135 Å². The number of benzene rings is 2. The maximum Gasteiger partial charge on any atom is 0.163 e. The number of carbonyl (C=O) groups excluding carboxylic acids is 1. The first-order valence-electron chi connectivity index (χ1n) is 7.53. The number of hydrogen-bond donors (Lipinski definition) is 1. The van der Waals surface area contributed by atoms with Crippen molar-refractivity contribution in [2.24, 2.45) is 0 Å². The Balaban J connectivity index is 1.73. The molecule has 116 valence electrons. The summed E-state index contributed by atoms with van der Waals surface area (Å²) >= 11 is 0. The second-order valence-electron chi connectivity index (χ2n) is 5.70. The van der Waals surface area contributed by atoms with Crippen molar-refractivity contribution in [3.63, 3.8) is 0 Å². The van der Waals surface area contributed by atoms with Crippen LogP contribution in [-0.4, -0.2) is 10.9 Å². The number of rotatable bonds is 4. The average molecular weight is 306 g/mol. The molecule has 3 heteroatoms. The van der Waals surface area contributed by atoms with Crippen LogP contribution in [0, 0.1) is 0 Å². The molecule has 0 unspecified atom stereocenters. The molecule has 1 N–H and O–H groups in total. The Bertz CT molecular complexity index is 798. The van der Waals surface area contributed by atoms with E-state index in [9.17, 15) is 9.90 Å². The van der Waals surface area contributed by atoms with Crippen molar-refractivity contribution in [1.29, 1.82) is 0 Å². The highest BCUT2D eigenvalue weighted by Gasteiger charge is 2.16. The molecule has 0 bridgehead atoms. The van der Waals surface area contributed by atoms with E-state index in [0.717, 1.165) is 16.7 Å². The van der Waals surface area contributed by atoms with E-state index in [1.54, 1.807) is 18.2 Å². The molecule has 0 aliphatic carbocycles. The molecule has 2 aromatic rings. The zero-order valence-electron chi connectivity index (χ0n) is 13.0. The topological polar surface area (TPSA) is 46.5 Å². The normalized spacial score (nSPS) is 13.1. The van der Waals surface area contributed by atoms with Gasteiger partial charge in [0.2, 0.25) is 0 Å². The number of ketones is 1. The molecular formula is C20H18O3. The first kappa shape index (κ1) is 15.1. The lowest BCUT2D eigenvalue weighted by Crippen LogP contribution is -2.05. The smallest absolute Gasteiger partial charge is 0.163 e. The lowest BCUT2D eigenvalue weighted by molar-refractivity contribution is 0.0982. The Morgan fingerprint density at radius 1 is 1.17 bits per heavy atom. The van der Waals surface area contributed by atoms with Gasteiger partial charge in [0.1, 0.15) is 17.3 Å². The zero-order valence-corrected chi connectivity index (χ0v) is 13.0. The SMILES string of the molecule is C=C1C=C(C)c2ccc(C(=O)CCc3ccc(O)cc3)cc2O1. The minimum Gasteiger partial charge on any atom is -0.508 e. The maximum absolute atomic E-state index is 12.4. The number of phenols is 1. The fourth-order valence-corrected chi connectivity index (χ4v) is 2.66. The van der Waals surface area contributed by atoms with E-state index in [2.05, 4.69) is 6.58 Å². The van der Waals surface area contributed by atoms with Crippen molar-refractivity contribution < 1.29 is 14.6 Å².